The fourth-order valence-corrected chi connectivity index (χ4v) is 3.17. The van der Waals surface area contributed by atoms with Crippen LogP contribution < -0.4 is 10.2 Å². The summed E-state index contributed by atoms with van der Waals surface area (Å²) in [5.74, 6) is -0.272. The second kappa shape index (κ2) is 6.26. The highest BCUT2D eigenvalue weighted by Gasteiger charge is 2.26. The lowest BCUT2D eigenvalue weighted by atomic mass is 10.1. The van der Waals surface area contributed by atoms with Crippen LogP contribution in [0.2, 0.25) is 0 Å². The number of rotatable bonds is 5. The normalized spacial score (nSPS) is 15.6. The number of carbonyl (C=O) groups excluding carboxylic acids is 1. The van der Waals surface area contributed by atoms with Gasteiger partial charge in [0.25, 0.3) is 15.9 Å². The molecule has 1 N–H and O–H groups in total. The summed E-state index contributed by atoms with van der Waals surface area (Å²) in [6, 6.07) is 4.70. The van der Waals surface area contributed by atoms with E-state index < -0.39 is 10.0 Å². The molecule has 21 heavy (non-hydrogen) atoms. The molecule has 0 fully saturated rings. The second-order valence-corrected chi connectivity index (χ2v) is 6.43. The maximum absolute atomic E-state index is 12.1. The average molecular weight is 309 g/mol. The third-order valence-corrected chi connectivity index (χ3v) is 4.39. The molecular formula is C14H19N3O3S. The first-order chi connectivity index (χ1) is 9.99. The topological polar surface area (TPSA) is 78.8 Å². The van der Waals surface area contributed by atoms with Crippen LogP contribution in [0.3, 0.4) is 0 Å². The Morgan fingerprint density at radius 3 is 2.71 bits per heavy atom. The molecule has 0 unspecified atom stereocenters. The molecular weight excluding hydrogens is 290 g/mol. The monoisotopic (exact) mass is 309 g/mol. The molecule has 2 rings (SSSR count). The predicted octanol–water partition coefficient (Wildman–Crippen LogP) is 1.77. The van der Waals surface area contributed by atoms with Crippen LogP contribution in [0.1, 0.15) is 37.0 Å². The third kappa shape index (κ3) is 3.24. The van der Waals surface area contributed by atoms with E-state index >= 15 is 0 Å². The summed E-state index contributed by atoms with van der Waals surface area (Å²) in [4.78, 5) is 13.8. The molecule has 0 saturated heterocycles. The summed E-state index contributed by atoms with van der Waals surface area (Å²) in [6.45, 7) is 5.19. The number of hydrogen-bond acceptors (Lipinski definition) is 4. The van der Waals surface area contributed by atoms with Gasteiger partial charge in [0, 0.05) is 18.7 Å². The molecule has 0 saturated carbocycles. The Balaban J connectivity index is 2.40. The summed E-state index contributed by atoms with van der Waals surface area (Å²) in [6.07, 6.45) is 3.02. The van der Waals surface area contributed by atoms with Gasteiger partial charge in [-0.2, -0.15) is 8.42 Å². The van der Waals surface area contributed by atoms with Crippen molar-refractivity contribution >= 4 is 28.0 Å². The van der Waals surface area contributed by atoms with Gasteiger partial charge in [-0.3, -0.25) is 4.79 Å². The summed E-state index contributed by atoms with van der Waals surface area (Å²) in [5.41, 5.74) is 0.901. The van der Waals surface area contributed by atoms with Crippen LogP contribution in [0.15, 0.2) is 27.5 Å². The number of sulfonamides is 1. The lowest BCUT2D eigenvalue weighted by Crippen LogP contribution is -2.29. The van der Waals surface area contributed by atoms with Gasteiger partial charge in [-0.15, -0.1) is 4.40 Å². The van der Waals surface area contributed by atoms with E-state index in [1.807, 2.05) is 13.8 Å². The molecule has 1 aliphatic heterocycles. The Kier molecular flexibility index (Phi) is 4.62. The zero-order valence-corrected chi connectivity index (χ0v) is 13.0. The van der Waals surface area contributed by atoms with E-state index in [1.54, 1.807) is 17.0 Å². The van der Waals surface area contributed by atoms with E-state index in [9.17, 15) is 13.2 Å². The Morgan fingerprint density at radius 1 is 1.29 bits per heavy atom. The zero-order valence-electron chi connectivity index (χ0n) is 12.2. The van der Waals surface area contributed by atoms with Crippen molar-refractivity contribution in [1.29, 1.82) is 0 Å². The molecule has 0 atom stereocenters. The van der Waals surface area contributed by atoms with Crippen molar-refractivity contribution in [3.8, 4) is 0 Å². The van der Waals surface area contributed by atoms with E-state index in [0.29, 0.717) is 24.3 Å². The van der Waals surface area contributed by atoms with Gasteiger partial charge in [0.15, 0.2) is 0 Å². The number of nitrogens with zero attached hydrogens (tertiary/aromatic N) is 2. The molecule has 7 heteroatoms. The van der Waals surface area contributed by atoms with Crippen molar-refractivity contribution in [2.45, 2.75) is 31.6 Å². The van der Waals surface area contributed by atoms with Crippen LogP contribution >= 0.6 is 0 Å². The minimum atomic E-state index is -3.72. The molecule has 0 spiro atoms. The first-order valence-corrected chi connectivity index (χ1v) is 8.43. The average Bonchev–Trinajstić information content (AvgIpc) is 2.47. The van der Waals surface area contributed by atoms with E-state index in [-0.39, 0.29) is 10.8 Å². The molecule has 1 aromatic rings. The number of nitrogens with one attached hydrogen (secondary N) is 1. The van der Waals surface area contributed by atoms with Gasteiger partial charge in [-0.25, -0.2) is 0 Å². The fraction of sp³-hybridized carbons (Fsp3) is 0.429. The molecule has 114 valence electrons. The van der Waals surface area contributed by atoms with Crippen molar-refractivity contribution in [1.82, 2.24) is 5.32 Å². The minimum absolute atomic E-state index is 0.0857. The number of hydrogen-bond donors (Lipinski definition) is 1. The Bertz CT molecular complexity index is 668. The second-order valence-electron chi connectivity index (χ2n) is 4.83. The van der Waals surface area contributed by atoms with Gasteiger partial charge in [0.1, 0.15) is 11.2 Å². The zero-order chi connectivity index (χ0) is 15.5. The van der Waals surface area contributed by atoms with Crippen LogP contribution in [0, 0.1) is 0 Å². The van der Waals surface area contributed by atoms with Crippen LogP contribution in [0.4, 0.5) is 5.69 Å². The molecule has 0 aromatic heterocycles. The largest absolute Gasteiger partial charge is 0.352 e. The lowest BCUT2D eigenvalue weighted by molar-refractivity contribution is 0.0953. The maximum atomic E-state index is 12.1. The quantitative estimate of drug-likeness (QED) is 0.899. The predicted molar refractivity (Wildman–Crippen MR) is 82.4 cm³/mol. The number of carbonyl (C=O) groups is 1. The summed E-state index contributed by atoms with van der Waals surface area (Å²) < 4.78 is 27.7. The highest BCUT2D eigenvalue weighted by atomic mass is 32.2. The van der Waals surface area contributed by atoms with Crippen molar-refractivity contribution < 1.29 is 13.2 Å². The molecule has 1 heterocycles. The first kappa shape index (κ1) is 15.5. The summed E-state index contributed by atoms with van der Waals surface area (Å²) in [5, 5.41) is 2.73. The SMILES string of the molecule is CCCNC(=O)c1ccc2c(c1)S(=O)(=O)N=CN2CCC. The van der Waals surface area contributed by atoms with Crippen molar-refractivity contribution in [2.75, 3.05) is 18.0 Å². The van der Waals surface area contributed by atoms with Gasteiger partial charge in [-0.05, 0) is 31.0 Å². The fourth-order valence-electron chi connectivity index (χ4n) is 2.10. The molecule has 1 aliphatic rings. The summed E-state index contributed by atoms with van der Waals surface area (Å²) >= 11 is 0. The molecule has 0 aliphatic carbocycles. The Morgan fingerprint density at radius 2 is 2.05 bits per heavy atom. The third-order valence-electron chi connectivity index (χ3n) is 3.13. The minimum Gasteiger partial charge on any atom is -0.352 e. The molecule has 1 aromatic carbocycles. The lowest BCUT2D eigenvalue weighted by Gasteiger charge is -2.24. The molecule has 0 radical (unpaired) electrons. The highest BCUT2D eigenvalue weighted by molar-refractivity contribution is 7.90. The Labute approximate surface area is 124 Å². The standard InChI is InChI=1S/C14H19N3O3S/c1-3-7-15-14(18)11-5-6-12-13(9-11)21(19,20)16-10-17(12)8-4-2/h5-6,9-10H,3-4,7-8H2,1-2H3,(H,15,18). The van der Waals surface area contributed by atoms with E-state index in [2.05, 4.69) is 9.71 Å². The molecule has 1 amide bonds. The number of fused-ring (bicyclic) bond motifs is 1. The van der Waals surface area contributed by atoms with Crippen molar-refractivity contribution in [2.24, 2.45) is 4.40 Å². The first-order valence-electron chi connectivity index (χ1n) is 6.99. The van der Waals surface area contributed by atoms with Crippen LogP contribution in [-0.2, 0) is 10.0 Å². The number of anilines is 1. The smallest absolute Gasteiger partial charge is 0.285 e. The molecule has 0 bridgehead atoms. The van der Waals surface area contributed by atoms with Gasteiger partial charge in [0.05, 0.1) is 5.69 Å². The molecule has 6 nitrogen and oxygen atoms in total. The van der Waals surface area contributed by atoms with E-state index in [4.69, 9.17) is 0 Å². The van der Waals surface area contributed by atoms with E-state index in [1.165, 1.54) is 12.4 Å². The van der Waals surface area contributed by atoms with Gasteiger partial charge < -0.3 is 10.2 Å². The highest BCUT2D eigenvalue weighted by Crippen LogP contribution is 2.30. The Hall–Kier alpha value is -1.89. The van der Waals surface area contributed by atoms with Crippen LogP contribution in [-0.4, -0.2) is 33.8 Å². The van der Waals surface area contributed by atoms with E-state index in [0.717, 1.165) is 12.8 Å². The van der Waals surface area contributed by atoms with Gasteiger partial charge >= 0.3 is 0 Å². The van der Waals surface area contributed by atoms with Crippen molar-refractivity contribution in [3.63, 3.8) is 0 Å². The maximum Gasteiger partial charge on any atom is 0.285 e. The number of amides is 1. The van der Waals surface area contributed by atoms with Crippen LogP contribution in [0.5, 0.6) is 0 Å². The number of benzene rings is 1. The summed E-state index contributed by atoms with van der Waals surface area (Å²) in [7, 11) is -3.72. The van der Waals surface area contributed by atoms with Gasteiger partial charge in [-0.1, -0.05) is 13.8 Å². The van der Waals surface area contributed by atoms with Crippen molar-refractivity contribution in [3.05, 3.63) is 23.8 Å². The van der Waals surface area contributed by atoms with Gasteiger partial charge in [0.2, 0.25) is 0 Å². The van der Waals surface area contributed by atoms with Crippen LogP contribution in [0.25, 0.3) is 0 Å².